The average molecular weight is 237 g/mol. The summed E-state index contributed by atoms with van der Waals surface area (Å²) in [5.41, 5.74) is 2.24. The largest absolute Gasteiger partial charge is 0.375 e. The summed E-state index contributed by atoms with van der Waals surface area (Å²) in [4.78, 5) is 12.1. The molecule has 0 fully saturated rings. The molecule has 1 aromatic rings. The third-order valence-electron chi connectivity index (χ3n) is 2.83. The van der Waals surface area contributed by atoms with E-state index < -0.39 is 0 Å². The molecule has 0 spiro atoms. The summed E-state index contributed by atoms with van der Waals surface area (Å²) >= 11 is 1.43. The molecule has 0 atom stereocenters. The van der Waals surface area contributed by atoms with Crippen LogP contribution >= 0.6 is 11.3 Å². The third-order valence-corrected chi connectivity index (χ3v) is 3.76. The molecule has 2 heterocycles. The van der Waals surface area contributed by atoms with Crippen molar-refractivity contribution in [2.75, 3.05) is 0 Å². The highest BCUT2D eigenvalue weighted by atomic mass is 32.1. The molecule has 0 saturated carbocycles. The van der Waals surface area contributed by atoms with Gasteiger partial charge in [0, 0.05) is 24.3 Å². The van der Waals surface area contributed by atoms with Gasteiger partial charge in [-0.1, -0.05) is 11.3 Å². The first kappa shape index (κ1) is 9.72. The molecule has 5 heteroatoms. The van der Waals surface area contributed by atoms with Crippen molar-refractivity contribution < 1.29 is 9.15 Å². The molecule has 0 aromatic carbocycles. The van der Waals surface area contributed by atoms with Gasteiger partial charge in [0.05, 0.1) is 10.3 Å². The van der Waals surface area contributed by atoms with Crippen molar-refractivity contribution in [3.05, 3.63) is 45.2 Å². The van der Waals surface area contributed by atoms with E-state index in [0.29, 0.717) is 35.8 Å². The van der Waals surface area contributed by atoms with Crippen molar-refractivity contribution in [2.45, 2.75) is 19.4 Å². The van der Waals surface area contributed by atoms with Crippen molar-refractivity contribution in [1.29, 1.82) is 0 Å². The first-order valence-electron chi connectivity index (χ1n) is 5.12. The Morgan fingerprint density at radius 3 is 3.19 bits per heavy atom. The summed E-state index contributed by atoms with van der Waals surface area (Å²) in [7, 11) is 0. The smallest absolute Gasteiger partial charge is 0.322 e. The number of hydrogen-bond donors (Lipinski definition) is 1. The number of nitrogens with zero attached hydrogens (tertiary/aromatic N) is 1. The van der Waals surface area contributed by atoms with Crippen LogP contribution in [0.2, 0.25) is 0 Å². The summed E-state index contributed by atoms with van der Waals surface area (Å²) in [5.74, 6) is -0.162. The Labute approximate surface area is 95.9 Å². The van der Waals surface area contributed by atoms with Gasteiger partial charge in [0.25, 0.3) is 5.70 Å². The molecule has 3 nitrogen and oxygen atoms in total. The van der Waals surface area contributed by atoms with Crippen LogP contribution in [0.4, 0.5) is 9.39 Å². The Balaban J connectivity index is 2.11. The van der Waals surface area contributed by atoms with Crippen LogP contribution in [0, 0.1) is 4.91 Å². The van der Waals surface area contributed by atoms with Gasteiger partial charge in [0.2, 0.25) is 0 Å². The predicted molar refractivity (Wildman–Crippen MR) is 59.9 cm³/mol. The molecule has 0 unspecified atom stereocenters. The van der Waals surface area contributed by atoms with E-state index >= 15 is 0 Å². The van der Waals surface area contributed by atoms with Crippen molar-refractivity contribution in [3.63, 3.8) is 0 Å². The minimum Gasteiger partial charge on any atom is -0.375 e. The van der Waals surface area contributed by atoms with E-state index in [4.69, 9.17) is 0 Å². The zero-order valence-electron chi connectivity index (χ0n) is 8.50. The van der Waals surface area contributed by atoms with Gasteiger partial charge in [-0.3, -0.25) is 0 Å². The maximum absolute atomic E-state index is 13.1. The fourth-order valence-electron chi connectivity index (χ4n) is 2.00. The minimum absolute atomic E-state index is 0.162. The molecular formula is C11H10FN2OS+. The number of allylic oxidation sites excluding steroid dienone is 3. The Morgan fingerprint density at radius 2 is 2.31 bits per heavy atom. The molecule has 0 amide bonds. The zero-order valence-corrected chi connectivity index (χ0v) is 9.31. The Bertz CT molecular complexity index is 530. The maximum atomic E-state index is 13.1. The number of hydrogen-bond acceptors (Lipinski definition) is 3. The van der Waals surface area contributed by atoms with E-state index in [1.807, 2.05) is 11.4 Å². The van der Waals surface area contributed by atoms with E-state index in [2.05, 4.69) is 5.32 Å². The van der Waals surface area contributed by atoms with E-state index in [1.165, 1.54) is 17.4 Å². The quantitative estimate of drug-likeness (QED) is 0.703. The molecule has 0 bridgehead atoms. The van der Waals surface area contributed by atoms with Gasteiger partial charge >= 0.3 is 5.00 Å². The normalized spacial score (nSPS) is 19.6. The molecule has 0 radical (unpaired) electrons. The first-order chi connectivity index (χ1) is 7.75. The predicted octanol–water partition coefficient (Wildman–Crippen LogP) is 3.12. The van der Waals surface area contributed by atoms with Crippen LogP contribution < -0.4 is 5.32 Å². The maximum Gasteiger partial charge on any atom is 0.322 e. The lowest BCUT2D eigenvalue weighted by molar-refractivity contribution is -0.407. The molecule has 3 rings (SSSR count). The zero-order chi connectivity index (χ0) is 11.1. The number of fused-ring (bicyclic) bond motifs is 1. The Kier molecular flexibility index (Phi) is 2.14. The van der Waals surface area contributed by atoms with Gasteiger partial charge < -0.3 is 5.32 Å². The standard InChI is InChI=1S/C11H10FN2OS/c12-8-1-2-10-9(5-8)13-6-7-3-4-16-11(7)14(10)15/h3-5,13H,1-2,6H2/q+1. The molecular weight excluding hydrogens is 227 g/mol. The van der Waals surface area contributed by atoms with Crippen molar-refractivity contribution in [1.82, 2.24) is 5.32 Å². The van der Waals surface area contributed by atoms with E-state index in [9.17, 15) is 9.30 Å². The first-order valence-corrected chi connectivity index (χ1v) is 6.00. The van der Waals surface area contributed by atoms with E-state index in [0.717, 1.165) is 10.3 Å². The molecule has 1 aromatic heterocycles. The molecule has 0 saturated heterocycles. The van der Waals surface area contributed by atoms with E-state index in [-0.39, 0.29) is 5.83 Å². The van der Waals surface area contributed by atoms with E-state index in [1.54, 1.807) is 0 Å². The lowest BCUT2D eigenvalue weighted by Gasteiger charge is -2.08. The van der Waals surface area contributed by atoms with Crippen molar-refractivity contribution >= 4 is 16.3 Å². The number of nitroso groups, excluding NO2 is 1. The van der Waals surface area contributed by atoms with Gasteiger partial charge in [-0.15, -0.1) is 0 Å². The molecule has 1 aliphatic carbocycles. The fourth-order valence-corrected chi connectivity index (χ4v) is 2.86. The highest BCUT2D eigenvalue weighted by Gasteiger charge is 2.34. The van der Waals surface area contributed by atoms with Gasteiger partial charge in [0.15, 0.2) is 0 Å². The van der Waals surface area contributed by atoms with Gasteiger partial charge in [-0.2, -0.15) is 0 Å². The number of nitrogens with one attached hydrogen (secondary N) is 1. The van der Waals surface area contributed by atoms with Crippen LogP contribution in [0.1, 0.15) is 18.4 Å². The SMILES string of the molecule is O=[N+]1C2=C(C=C(F)CC2)NCc2ccsc21. The highest BCUT2D eigenvalue weighted by molar-refractivity contribution is 7.13. The average Bonchev–Trinajstić information content (AvgIpc) is 2.69. The topological polar surface area (TPSA) is 32.1 Å². The second-order valence-corrected chi connectivity index (χ2v) is 4.75. The van der Waals surface area contributed by atoms with Crippen LogP contribution in [-0.4, -0.2) is 4.76 Å². The van der Waals surface area contributed by atoms with Crippen LogP contribution in [0.25, 0.3) is 0 Å². The summed E-state index contributed by atoms with van der Waals surface area (Å²) < 4.78 is 14.1. The van der Waals surface area contributed by atoms with Gasteiger partial charge in [-0.25, -0.2) is 4.39 Å². The van der Waals surface area contributed by atoms with Crippen LogP contribution in [0.5, 0.6) is 0 Å². The highest BCUT2D eigenvalue weighted by Crippen LogP contribution is 2.35. The monoisotopic (exact) mass is 237 g/mol. The fraction of sp³-hybridized carbons (Fsp3) is 0.273. The molecule has 16 heavy (non-hydrogen) atoms. The minimum atomic E-state index is -0.162. The summed E-state index contributed by atoms with van der Waals surface area (Å²) in [6, 6.07) is 1.93. The number of thiophene rings is 1. The second kappa shape index (κ2) is 3.52. The lowest BCUT2D eigenvalue weighted by atomic mass is 10.1. The summed E-state index contributed by atoms with van der Waals surface area (Å²) in [6.07, 6.45) is 2.21. The van der Waals surface area contributed by atoms with Gasteiger partial charge in [-0.05, 0) is 17.5 Å². The van der Waals surface area contributed by atoms with Crippen LogP contribution in [0.15, 0.2) is 34.7 Å². The van der Waals surface area contributed by atoms with Crippen molar-refractivity contribution in [2.24, 2.45) is 0 Å². The van der Waals surface area contributed by atoms with Crippen LogP contribution in [0.3, 0.4) is 0 Å². The van der Waals surface area contributed by atoms with Crippen LogP contribution in [-0.2, 0) is 6.54 Å². The third kappa shape index (κ3) is 1.39. The molecule has 2 aliphatic rings. The number of halogens is 1. The summed E-state index contributed by atoms with van der Waals surface area (Å²) in [6.45, 7) is 0.584. The lowest BCUT2D eigenvalue weighted by Crippen LogP contribution is -2.15. The van der Waals surface area contributed by atoms with Crippen molar-refractivity contribution in [3.8, 4) is 0 Å². The Morgan fingerprint density at radius 1 is 1.44 bits per heavy atom. The summed E-state index contributed by atoms with van der Waals surface area (Å²) in [5, 5.41) is 5.74. The second-order valence-electron chi connectivity index (χ2n) is 3.85. The number of rotatable bonds is 0. The molecule has 82 valence electrons. The molecule has 1 N–H and O–H groups in total. The molecule has 1 aliphatic heterocycles. The van der Waals surface area contributed by atoms with Gasteiger partial charge in [0.1, 0.15) is 11.5 Å². The Hall–Kier alpha value is -1.49.